The number of nitrogens with zero attached hydrogens (tertiary/aromatic N) is 1. The van der Waals surface area contributed by atoms with E-state index in [-0.39, 0.29) is 29.9 Å². The highest BCUT2D eigenvalue weighted by molar-refractivity contribution is 14.0. The highest BCUT2D eigenvalue weighted by atomic mass is 127. The van der Waals surface area contributed by atoms with E-state index in [4.69, 9.17) is 4.74 Å². The fraction of sp³-hybridized carbons (Fsp3) is 0.600. The number of rotatable bonds is 8. The van der Waals surface area contributed by atoms with Crippen molar-refractivity contribution in [1.29, 1.82) is 0 Å². The largest absolute Gasteiger partial charge is 0.495 e. The zero-order chi connectivity index (χ0) is 18.8. The average Bonchev–Trinajstić information content (AvgIpc) is 3.14. The van der Waals surface area contributed by atoms with Crippen LogP contribution in [0.25, 0.3) is 0 Å². The minimum atomic E-state index is -0.117. The van der Waals surface area contributed by atoms with Gasteiger partial charge in [-0.2, -0.15) is 0 Å². The molecule has 152 valence electrons. The number of amides is 1. The van der Waals surface area contributed by atoms with E-state index >= 15 is 0 Å². The van der Waals surface area contributed by atoms with Gasteiger partial charge < -0.3 is 20.7 Å². The van der Waals surface area contributed by atoms with Gasteiger partial charge in [0, 0.05) is 27.1 Å². The summed E-state index contributed by atoms with van der Waals surface area (Å²) in [6, 6.07) is 5.76. The normalized spacial score (nSPS) is 14.4. The molecule has 3 N–H and O–H groups in total. The van der Waals surface area contributed by atoms with Crippen LogP contribution in [0.3, 0.4) is 0 Å². The zero-order valence-corrected chi connectivity index (χ0v) is 19.0. The Morgan fingerprint density at radius 2 is 2.00 bits per heavy atom. The summed E-state index contributed by atoms with van der Waals surface area (Å²) < 4.78 is 5.28. The molecule has 0 heterocycles. The Labute approximate surface area is 179 Å². The monoisotopic (exact) mass is 488 g/mol. The molecule has 0 aliphatic heterocycles. The molecule has 27 heavy (non-hydrogen) atoms. The Bertz CT molecular complexity index is 616. The summed E-state index contributed by atoms with van der Waals surface area (Å²) in [6.07, 6.45) is 8.11. The second-order valence-corrected chi connectivity index (χ2v) is 6.86. The Balaban J connectivity index is 0.00000364. The van der Waals surface area contributed by atoms with Gasteiger partial charge in [0.05, 0.1) is 12.8 Å². The highest BCUT2D eigenvalue weighted by Crippen LogP contribution is 2.28. The number of hydrogen-bond donors (Lipinski definition) is 3. The van der Waals surface area contributed by atoms with E-state index in [2.05, 4.69) is 20.9 Å². The van der Waals surface area contributed by atoms with E-state index in [0.29, 0.717) is 18.0 Å². The lowest BCUT2D eigenvalue weighted by molar-refractivity contribution is -0.114. The van der Waals surface area contributed by atoms with E-state index in [9.17, 15) is 4.79 Å². The van der Waals surface area contributed by atoms with E-state index < -0.39 is 0 Å². The smallest absolute Gasteiger partial charge is 0.221 e. The number of nitrogens with one attached hydrogen (secondary N) is 3. The van der Waals surface area contributed by atoms with Crippen LogP contribution in [-0.4, -0.2) is 32.6 Å². The number of hydrogen-bond acceptors (Lipinski definition) is 3. The number of halogens is 1. The zero-order valence-electron chi connectivity index (χ0n) is 16.6. The lowest BCUT2D eigenvalue weighted by Gasteiger charge is -2.15. The van der Waals surface area contributed by atoms with E-state index in [1.165, 1.54) is 45.4 Å². The van der Waals surface area contributed by atoms with Crippen LogP contribution in [0.15, 0.2) is 23.2 Å². The molecule has 0 spiro atoms. The summed E-state index contributed by atoms with van der Waals surface area (Å²) in [7, 11) is 3.37. The van der Waals surface area contributed by atoms with Crippen molar-refractivity contribution in [3.63, 3.8) is 0 Å². The Morgan fingerprint density at radius 1 is 1.26 bits per heavy atom. The van der Waals surface area contributed by atoms with Crippen molar-refractivity contribution in [2.45, 2.75) is 52.0 Å². The first kappa shape index (κ1) is 23.5. The molecule has 1 fully saturated rings. The van der Waals surface area contributed by atoms with Crippen LogP contribution >= 0.6 is 24.0 Å². The van der Waals surface area contributed by atoms with Crippen molar-refractivity contribution in [3.8, 4) is 5.75 Å². The molecule has 0 aromatic heterocycles. The summed E-state index contributed by atoms with van der Waals surface area (Å²) in [5.74, 6) is 2.26. The number of anilines is 1. The van der Waals surface area contributed by atoms with Gasteiger partial charge in [0.1, 0.15) is 5.75 Å². The maximum absolute atomic E-state index is 11.3. The molecular formula is C20H33IN4O2. The number of aliphatic imine (C=N–C) groups is 1. The first-order valence-electron chi connectivity index (χ1n) is 9.51. The second-order valence-electron chi connectivity index (χ2n) is 6.86. The lowest BCUT2D eigenvalue weighted by Crippen LogP contribution is -2.37. The van der Waals surface area contributed by atoms with Gasteiger partial charge >= 0.3 is 0 Å². The molecule has 7 heteroatoms. The Morgan fingerprint density at radius 3 is 2.63 bits per heavy atom. The van der Waals surface area contributed by atoms with Gasteiger partial charge in [0.15, 0.2) is 5.96 Å². The fourth-order valence-corrected chi connectivity index (χ4v) is 3.46. The van der Waals surface area contributed by atoms with Gasteiger partial charge in [0.2, 0.25) is 5.91 Å². The van der Waals surface area contributed by atoms with Gasteiger partial charge in [-0.15, -0.1) is 24.0 Å². The number of carbonyl (C=O) groups excluding carboxylic acids is 1. The third-order valence-corrected chi connectivity index (χ3v) is 4.81. The minimum Gasteiger partial charge on any atom is -0.495 e. The van der Waals surface area contributed by atoms with Gasteiger partial charge in [0.25, 0.3) is 0 Å². The molecule has 2 rings (SSSR count). The van der Waals surface area contributed by atoms with E-state index in [0.717, 1.165) is 24.0 Å². The SMILES string of the molecule is CN=C(NCCCC1CCCC1)NCc1ccc(OC)c(NC(C)=O)c1.I. The fourth-order valence-electron chi connectivity index (χ4n) is 3.46. The second kappa shape index (κ2) is 12.8. The summed E-state index contributed by atoms with van der Waals surface area (Å²) in [6.45, 7) is 3.05. The molecule has 1 aromatic rings. The predicted molar refractivity (Wildman–Crippen MR) is 122 cm³/mol. The molecule has 1 aromatic carbocycles. The first-order chi connectivity index (χ1) is 12.6. The van der Waals surface area contributed by atoms with Crippen LogP contribution < -0.4 is 20.7 Å². The Kier molecular flexibility index (Phi) is 11.2. The predicted octanol–water partition coefficient (Wildman–Crippen LogP) is 3.91. The van der Waals surface area contributed by atoms with Crippen LogP contribution in [0.5, 0.6) is 5.75 Å². The number of methoxy groups -OCH3 is 1. The molecule has 0 saturated heterocycles. The van der Waals surface area contributed by atoms with Crippen molar-refractivity contribution in [2.24, 2.45) is 10.9 Å². The number of guanidine groups is 1. The van der Waals surface area contributed by atoms with Crippen LogP contribution in [-0.2, 0) is 11.3 Å². The van der Waals surface area contributed by atoms with Gasteiger partial charge in [-0.05, 0) is 36.5 Å². The molecule has 1 aliphatic rings. The highest BCUT2D eigenvalue weighted by Gasteiger charge is 2.14. The number of benzene rings is 1. The van der Waals surface area contributed by atoms with Crippen LogP contribution in [0.1, 0.15) is 51.0 Å². The van der Waals surface area contributed by atoms with Gasteiger partial charge in [-0.3, -0.25) is 9.79 Å². The third-order valence-electron chi connectivity index (χ3n) is 4.81. The maximum Gasteiger partial charge on any atom is 0.221 e. The van der Waals surface area contributed by atoms with Gasteiger partial charge in [-0.25, -0.2) is 0 Å². The number of ether oxygens (including phenoxy) is 1. The molecular weight excluding hydrogens is 455 g/mol. The van der Waals surface area contributed by atoms with Gasteiger partial charge in [-0.1, -0.05) is 31.7 Å². The van der Waals surface area contributed by atoms with Crippen molar-refractivity contribution >= 4 is 41.5 Å². The Hall–Kier alpha value is -1.51. The summed E-state index contributed by atoms with van der Waals surface area (Å²) >= 11 is 0. The van der Waals surface area contributed by atoms with Crippen molar-refractivity contribution < 1.29 is 9.53 Å². The molecule has 1 saturated carbocycles. The number of carbonyl (C=O) groups is 1. The third kappa shape index (κ3) is 8.36. The molecule has 0 radical (unpaired) electrons. The quantitative estimate of drug-likeness (QED) is 0.225. The molecule has 0 unspecified atom stereocenters. The molecule has 1 aliphatic carbocycles. The molecule has 0 atom stereocenters. The van der Waals surface area contributed by atoms with E-state index in [1.54, 1.807) is 14.2 Å². The first-order valence-corrected chi connectivity index (χ1v) is 9.51. The summed E-state index contributed by atoms with van der Waals surface area (Å²) in [5.41, 5.74) is 1.72. The summed E-state index contributed by atoms with van der Waals surface area (Å²) in [4.78, 5) is 15.6. The standard InChI is InChI=1S/C20H32N4O2.HI/c1-15(25)24-18-13-17(10-11-19(18)26-3)14-23-20(21-2)22-12-6-9-16-7-4-5-8-16;/h10-11,13,16H,4-9,12,14H2,1-3H3,(H,24,25)(H2,21,22,23);1H. The maximum atomic E-state index is 11.3. The van der Waals surface area contributed by atoms with Crippen molar-refractivity contribution in [2.75, 3.05) is 26.0 Å². The summed E-state index contributed by atoms with van der Waals surface area (Å²) in [5, 5.41) is 9.49. The molecule has 6 nitrogen and oxygen atoms in total. The van der Waals surface area contributed by atoms with Crippen LogP contribution in [0, 0.1) is 5.92 Å². The average molecular weight is 488 g/mol. The van der Waals surface area contributed by atoms with Crippen molar-refractivity contribution in [3.05, 3.63) is 23.8 Å². The molecule has 0 bridgehead atoms. The van der Waals surface area contributed by atoms with Crippen molar-refractivity contribution in [1.82, 2.24) is 10.6 Å². The lowest BCUT2D eigenvalue weighted by atomic mass is 10.0. The van der Waals surface area contributed by atoms with Crippen LogP contribution in [0.2, 0.25) is 0 Å². The topological polar surface area (TPSA) is 74.8 Å². The van der Waals surface area contributed by atoms with Crippen LogP contribution in [0.4, 0.5) is 5.69 Å². The molecule has 1 amide bonds. The van der Waals surface area contributed by atoms with E-state index in [1.807, 2.05) is 18.2 Å². The minimum absolute atomic E-state index is 0.